The van der Waals surface area contributed by atoms with E-state index in [0.29, 0.717) is 22.5 Å². The van der Waals surface area contributed by atoms with E-state index in [0.717, 1.165) is 6.42 Å². The number of aliphatic hydroxyl groups excluding tert-OH is 1. The number of sulfonamides is 1. The van der Waals surface area contributed by atoms with Crippen LogP contribution in [0.15, 0.2) is 27.6 Å². The lowest BCUT2D eigenvalue weighted by atomic mass is 10.1. The monoisotopic (exact) mass is 369 g/mol. The van der Waals surface area contributed by atoms with Gasteiger partial charge in [-0.1, -0.05) is 18.5 Å². The minimum absolute atomic E-state index is 0.122. The molecule has 0 amide bonds. The van der Waals surface area contributed by atoms with E-state index in [9.17, 15) is 8.42 Å². The molecule has 0 aliphatic rings. The van der Waals surface area contributed by atoms with Gasteiger partial charge in [-0.05, 0) is 52.9 Å². The van der Waals surface area contributed by atoms with Crippen LogP contribution in [0, 0.1) is 5.92 Å². The highest BCUT2D eigenvalue weighted by Crippen LogP contribution is 2.25. The average Bonchev–Trinajstić information content (AvgIpc) is 2.37. The van der Waals surface area contributed by atoms with Crippen LogP contribution < -0.4 is 4.72 Å². The molecule has 0 spiro atoms. The summed E-state index contributed by atoms with van der Waals surface area (Å²) in [5, 5.41) is 9.34. The molecule has 1 rings (SSSR count). The Morgan fingerprint density at radius 2 is 2.16 bits per heavy atom. The van der Waals surface area contributed by atoms with Gasteiger partial charge < -0.3 is 5.11 Å². The number of benzene rings is 1. The van der Waals surface area contributed by atoms with Crippen LogP contribution in [0.1, 0.15) is 19.8 Å². The van der Waals surface area contributed by atoms with Gasteiger partial charge in [-0.3, -0.25) is 0 Å². The number of rotatable bonds is 7. The van der Waals surface area contributed by atoms with Gasteiger partial charge in [0.15, 0.2) is 0 Å². The van der Waals surface area contributed by atoms with E-state index >= 15 is 0 Å². The summed E-state index contributed by atoms with van der Waals surface area (Å²) in [7, 11) is -3.51. The smallest absolute Gasteiger partial charge is 0.240 e. The lowest BCUT2D eigenvalue weighted by Crippen LogP contribution is -2.25. The Morgan fingerprint density at radius 3 is 2.74 bits per heavy atom. The first-order valence-corrected chi connectivity index (χ1v) is 8.58. The van der Waals surface area contributed by atoms with Gasteiger partial charge in [-0.25, -0.2) is 13.1 Å². The fourth-order valence-corrected chi connectivity index (χ4v) is 3.22. The van der Waals surface area contributed by atoms with E-state index in [1.807, 2.05) is 6.92 Å². The minimum Gasteiger partial charge on any atom is -0.396 e. The highest BCUT2D eigenvalue weighted by atomic mass is 79.9. The second-order valence-electron chi connectivity index (χ2n) is 4.40. The first-order valence-electron chi connectivity index (χ1n) is 5.92. The number of hydrogen-bond donors (Lipinski definition) is 2. The zero-order chi connectivity index (χ0) is 14.5. The first kappa shape index (κ1) is 16.9. The summed E-state index contributed by atoms with van der Waals surface area (Å²) in [5.74, 6) is 0.189. The standard InChI is InChI=1S/C12H17BrClNO3S/c1-9(8-16)3-2-6-15-19(17,18)10-4-5-12(14)11(13)7-10/h4-5,7,9,15-16H,2-3,6,8H2,1H3. The molecule has 1 aromatic carbocycles. The van der Waals surface area contributed by atoms with E-state index < -0.39 is 10.0 Å². The number of aliphatic hydroxyl groups is 1. The molecule has 0 aromatic heterocycles. The molecule has 0 bridgehead atoms. The van der Waals surface area contributed by atoms with Crippen molar-refractivity contribution in [3.05, 3.63) is 27.7 Å². The maximum Gasteiger partial charge on any atom is 0.240 e. The van der Waals surface area contributed by atoms with Crippen molar-refractivity contribution >= 4 is 37.6 Å². The molecule has 0 radical (unpaired) electrons. The Balaban J connectivity index is 2.58. The molecule has 0 heterocycles. The Labute approximate surface area is 127 Å². The second-order valence-corrected chi connectivity index (χ2v) is 7.43. The Morgan fingerprint density at radius 1 is 1.47 bits per heavy atom. The number of nitrogens with one attached hydrogen (secondary N) is 1. The van der Waals surface area contributed by atoms with Crippen LogP contribution in [0.2, 0.25) is 5.02 Å². The van der Waals surface area contributed by atoms with E-state index in [2.05, 4.69) is 20.7 Å². The van der Waals surface area contributed by atoms with Crippen LogP contribution in [0.3, 0.4) is 0 Å². The molecular weight excluding hydrogens is 354 g/mol. The maximum atomic E-state index is 12.0. The lowest BCUT2D eigenvalue weighted by molar-refractivity contribution is 0.228. The van der Waals surface area contributed by atoms with Gasteiger partial charge >= 0.3 is 0 Å². The molecule has 19 heavy (non-hydrogen) atoms. The Kier molecular flexibility index (Phi) is 6.76. The highest BCUT2D eigenvalue weighted by molar-refractivity contribution is 9.10. The van der Waals surface area contributed by atoms with E-state index in [1.54, 1.807) is 0 Å². The summed E-state index contributed by atoms with van der Waals surface area (Å²) in [6.45, 7) is 2.40. The number of hydrogen-bond acceptors (Lipinski definition) is 3. The van der Waals surface area contributed by atoms with Gasteiger partial charge in [0.2, 0.25) is 10.0 Å². The van der Waals surface area contributed by atoms with Gasteiger partial charge in [-0.15, -0.1) is 0 Å². The topological polar surface area (TPSA) is 66.4 Å². The second kappa shape index (κ2) is 7.59. The Bertz CT molecular complexity index is 522. The molecule has 1 aromatic rings. The van der Waals surface area contributed by atoms with Crippen molar-refractivity contribution in [3.63, 3.8) is 0 Å². The quantitative estimate of drug-likeness (QED) is 0.725. The normalized spacial score (nSPS) is 13.5. The Hall–Kier alpha value is -0.140. The molecule has 0 saturated carbocycles. The van der Waals surface area contributed by atoms with E-state index in [4.69, 9.17) is 16.7 Å². The molecular formula is C12H17BrClNO3S. The summed E-state index contributed by atoms with van der Waals surface area (Å²) >= 11 is 9.02. The molecule has 108 valence electrons. The minimum atomic E-state index is -3.51. The molecule has 7 heteroatoms. The highest BCUT2D eigenvalue weighted by Gasteiger charge is 2.14. The lowest BCUT2D eigenvalue weighted by Gasteiger charge is -2.09. The summed E-state index contributed by atoms with van der Waals surface area (Å²) in [4.78, 5) is 0.180. The van der Waals surface area contributed by atoms with Gasteiger partial charge in [0.25, 0.3) is 0 Å². The van der Waals surface area contributed by atoms with Gasteiger partial charge in [0, 0.05) is 17.6 Å². The summed E-state index contributed by atoms with van der Waals surface area (Å²) in [5.41, 5.74) is 0. The summed E-state index contributed by atoms with van der Waals surface area (Å²) in [6.07, 6.45) is 1.47. The van der Waals surface area contributed by atoms with Crippen LogP contribution in [0.4, 0.5) is 0 Å². The third-order valence-corrected chi connectivity index (χ3v) is 5.35. The fraction of sp³-hybridized carbons (Fsp3) is 0.500. The van der Waals surface area contributed by atoms with Crippen molar-refractivity contribution in [2.45, 2.75) is 24.7 Å². The molecule has 0 aliphatic carbocycles. The van der Waals surface area contributed by atoms with Crippen molar-refractivity contribution in [2.24, 2.45) is 5.92 Å². The van der Waals surface area contributed by atoms with Crippen molar-refractivity contribution in [2.75, 3.05) is 13.2 Å². The summed E-state index contributed by atoms with van der Waals surface area (Å²) < 4.78 is 27.0. The summed E-state index contributed by atoms with van der Waals surface area (Å²) in [6, 6.07) is 4.47. The third-order valence-electron chi connectivity index (χ3n) is 2.68. The van der Waals surface area contributed by atoms with Gasteiger partial charge in [-0.2, -0.15) is 0 Å². The van der Waals surface area contributed by atoms with Gasteiger partial charge in [0.1, 0.15) is 0 Å². The largest absolute Gasteiger partial charge is 0.396 e. The van der Waals surface area contributed by atoms with Crippen LogP contribution in [-0.2, 0) is 10.0 Å². The van der Waals surface area contributed by atoms with Crippen molar-refractivity contribution < 1.29 is 13.5 Å². The van der Waals surface area contributed by atoms with Crippen LogP contribution in [0.5, 0.6) is 0 Å². The average molecular weight is 371 g/mol. The SMILES string of the molecule is CC(CO)CCCNS(=O)(=O)c1ccc(Cl)c(Br)c1. The molecule has 0 saturated heterocycles. The zero-order valence-electron chi connectivity index (χ0n) is 10.6. The van der Waals surface area contributed by atoms with Gasteiger partial charge in [0.05, 0.1) is 9.92 Å². The molecule has 1 atom stereocenters. The maximum absolute atomic E-state index is 12.0. The van der Waals surface area contributed by atoms with Crippen molar-refractivity contribution in [1.29, 1.82) is 0 Å². The van der Waals surface area contributed by atoms with Crippen LogP contribution in [0.25, 0.3) is 0 Å². The first-order chi connectivity index (χ1) is 8.86. The number of halogens is 2. The van der Waals surface area contributed by atoms with E-state index in [-0.39, 0.29) is 17.4 Å². The van der Waals surface area contributed by atoms with E-state index in [1.165, 1.54) is 18.2 Å². The zero-order valence-corrected chi connectivity index (χ0v) is 13.7. The molecule has 2 N–H and O–H groups in total. The van der Waals surface area contributed by atoms with Crippen LogP contribution in [-0.4, -0.2) is 26.7 Å². The van der Waals surface area contributed by atoms with Crippen LogP contribution >= 0.6 is 27.5 Å². The predicted molar refractivity (Wildman–Crippen MR) is 79.8 cm³/mol. The molecule has 0 fully saturated rings. The predicted octanol–water partition coefficient (Wildman–Crippen LogP) is 2.79. The molecule has 1 unspecified atom stereocenters. The van der Waals surface area contributed by atoms with Crippen molar-refractivity contribution in [3.8, 4) is 0 Å². The molecule has 0 aliphatic heterocycles. The molecule has 4 nitrogen and oxygen atoms in total. The van der Waals surface area contributed by atoms with Crippen molar-refractivity contribution in [1.82, 2.24) is 4.72 Å². The fourth-order valence-electron chi connectivity index (χ4n) is 1.48. The third kappa shape index (κ3) is 5.39.